The number of aliphatic hydroxyl groups excluding tert-OH is 3. The van der Waals surface area contributed by atoms with E-state index in [0.717, 1.165) is 64.2 Å². The third kappa shape index (κ3) is 10.0. The zero-order valence-electron chi connectivity index (χ0n) is 17.5. The molecular formula is C24H42O4. The first-order valence-corrected chi connectivity index (χ1v) is 11.1. The molecule has 0 aliphatic heterocycles. The van der Waals surface area contributed by atoms with Gasteiger partial charge >= 0.3 is 0 Å². The molecule has 0 bridgehead atoms. The summed E-state index contributed by atoms with van der Waals surface area (Å²) in [5.41, 5.74) is -0.888. The molecule has 0 spiro atoms. The van der Waals surface area contributed by atoms with Crippen molar-refractivity contribution in [1.82, 2.24) is 0 Å². The minimum absolute atomic E-state index is 0.153. The van der Waals surface area contributed by atoms with E-state index in [1.54, 1.807) is 6.08 Å². The van der Waals surface area contributed by atoms with E-state index < -0.39 is 5.60 Å². The molecule has 0 heterocycles. The van der Waals surface area contributed by atoms with Crippen LogP contribution >= 0.6 is 0 Å². The summed E-state index contributed by atoms with van der Waals surface area (Å²) in [6, 6.07) is 0. The van der Waals surface area contributed by atoms with Crippen LogP contribution in [0, 0.1) is 11.8 Å². The molecule has 1 aliphatic rings. The van der Waals surface area contributed by atoms with Crippen LogP contribution in [0.1, 0.15) is 77.0 Å². The molecule has 0 aromatic rings. The highest BCUT2D eigenvalue weighted by Gasteiger charge is 2.32. The third-order valence-corrected chi connectivity index (χ3v) is 5.93. The second kappa shape index (κ2) is 15.0. The van der Waals surface area contributed by atoms with E-state index in [4.69, 9.17) is 10.2 Å². The summed E-state index contributed by atoms with van der Waals surface area (Å²) < 4.78 is 0. The number of rotatable bonds is 16. The number of aliphatic hydroxyl groups is 4. The van der Waals surface area contributed by atoms with Crippen molar-refractivity contribution in [3.8, 4) is 0 Å². The molecule has 4 heteroatoms. The maximum absolute atomic E-state index is 10.7. The van der Waals surface area contributed by atoms with Crippen LogP contribution in [-0.4, -0.2) is 45.3 Å². The summed E-state index contributed by atoms with van der Waals surface area (Å²) in [6.07, 6.45) is 20.5. The van der Waals surface area contributed by atoms with Crippen LogP contribution in [0.15, 0.2) is 37.0 Å². The molecule has 1 fully saturated rings. The molecule has 1 unspecified atom stereocenters. The lowest BCUT2D eigenvalue weighted by Crippen LogP contribution is -2.25. The lowest BCUT2D eigenvalue weighted by atomic mass is 9.88. The Bertz CT molecular complexity index is 460. The molecule has 4 N–H and O–H groups in total. The average molecular weight is 395 g/mol. The zero-order chi connectivity index (χ0) is 20.7. The third-order valence-electron chi connectivity index (χ3n) is 5.93. The summed E-state index contributed by atoms with van der Waals surface area (Å²) in [5, 5.41) is 38.7. The molecule has 4 nitrogen and oxygen atoms in total. The van der Waals surface area contributed by atoms with Crippen LogP contribution in [0.3, 0.4) is 0 Å². The van der Waals surface area contributed by atoms with E-state index in [0.29, 0.717) is 18.8 Å². The van der Waals surface area contributed by atoms with Gasteiger partial charge in [0, 0.05) is 19.1 Å². The molecule has 1 aliphatic carbocycles. The van der Waals surface area contributed by atoms with Crippen molar-refractivity contribution in [3.63, 3.8) is 0 Å². The van der Waals surface area contributed by atoms with Gasteiger partial charge in [0.15, 0.2) is 0 Å². The second-order valence-electron chi connectivity index (χ2n) is 8.24. The number of unbranched alkanes of at least 4 members (excludes halogenated alkanes) is 5. The van der Waals surface area contributed by atoms with Crippen LogP contribution < -0.4 is 0 Å². The lowest BCUT2D eigenvalue weighted by Gasteiger charge is -2.23. The van der Waals surface area contributed by atoms with Crippen molar-refractivity contribution in [2.24, 2.45) is 11.8 Å². The Labute approximate surface area is 171 Å². The van der Waals surface area contributed by atoms with Gasteiger partial charge in [-0.05, 0) is 63.7 Å². The maximum atomic E-state index is 10.7. The quantitative estimate of drug-likeness (QED) is 0.233. The fourth-order valence-electron chi connectivity index (χ4n) is 4.02. The number of hydrogen-bond acceptors (Lipinski definition) is 4. The smallest absolute Gasteiger partial charge is 0.0859 e. The highest BCUT2D eigenvalue weighted by atomic mass is 16.3. The van der Waals surface area contributed by atoms with Crippen molar-refractivity contribution >= 4 is 0 Å². The van der Waals surface area contributed by atoms with Crippen molar-refractivity contribution in [3.05, 3.63) is 37.0 Å². The minimum Gasteiger partial charge on any atom is -0.396 e. The van der Waals surface area contributed by atoms with Crippen molar-refractivity contribution < 1.29 is 20.4 Å². The van der Waals surface area contributed by atoms with E-state index in [9.17, 15) is 10.2 Å². The Hall–Kier alpha value is -0.940. The van der Waals surface area contributed by atoms with Gasteiger partial charge in [-0.25, -0.2) is 0 Å². The monoisotopic (exact) mass is 394 g/mol. The maximum Gasteiger partial charge on any atom is 0.0859 e. The van der Waals surface area contributed by atoms with Gasteiger partial charge in [0.1, 0.15) is 0 Å². The van der Waals surface area contributed by atoms with E-state index >= 15 is 0 Å². The highest BCUT2D eigenvalue weighted by molar-refractivity contribution is 5.06. The van der Waals surface area contributed by atoms with Crippen LogP contribution in [0.5, 0.6) is 0 Å². The molecule has 1 saturated carbocycles. The van der Waals surface area contributed by atoms with Gasteiger partial charge in [-0.3, -0.25) is 0 Å². The predicted octanol–water partition coefficient (Wildman–Crippen LogP) is 4.29. The fourth-order valence-corrected chi connectivity index (χ4v) is 4.02. The van der Waals surface area contributed by atoms with E-state index in [2.05, 4.69) is 24.8 Å². The van der Waals surface area contributed by atoms with Gasteiger partial charge < -0.3 is 20.4 Å². The van der Waals surface area contributed by atoms with Crippen molar-refractivity contribution in [2.75, 3.05) is 13.2 Å². The summed E-state index contributed by atoms with van der Waals surface area (Å²) in [4.78, 5) is 0. The van der Waals surface area contributed by atoms with Crippen molar-refractivity contribution in [2.45, 2.75) is 88.8 Å². The zero-order valence-corrected chi connectivity index (χ0v) is 17.5. The minimum atomic E-state index is -0.888. The Kier molecular flexibility index (Phi) is 13.4. The first kappa shape index (κ1) is 25.1. The van der Waals surface area contributed by atoms with Gasteiger partial charge in [-0.2, -0.15) is 0 Å². The molecule has 0 aromatic heterocycles. The first-order chi connectivity index (χ1) is 13.6. The average Bonchev–Trinajstić information content (AvgIpc) is 3.04. The largest absolute Gasteiger partial charge is 0.396 e. The fraction of sp³-hybridized carbons (Fsp3) is 0.750. The van der Waals surface area contributed by atoms with Gasteiger partial charge in [-0.1, -0.05) is 49.6 Å². The summed E-state index contributed by atoms with van der Waals surface area (Å²) >= 11 is 0. The van der Waals surface area contributed by atoms with Crippen LogP contribution in [0.4, 0.5) is 0 Å². The Morgan fingerprint density at radius 1 is 0.893 bits per heavy atom. The van der Waals surface area contributed by atoms with E-state index in [-0.39, 0.29) is 25.2 Å². The Morgan fingerprint density at radius 2 is 1.61 bits per heavy atom. The van der Waals surface area contributed by atoms with Crippen LogP contribution in [0.25, 0.3) is 0 Å². The van der Waals surface area contributed by atoms with Crippen LogP contribution in [0.2, 0.25) is 0 Å². The molecule has 0 radical (unpaired) electrons. The van der Waals surface area contributed by atoms with Gasteiger partial charge in [0.25, 0.3) is 0 Å². The van der Waals surface area contributed by atoms with E-state index in [1.807, 2.05) is 6.08 Å². The SMILES string of the molecule is C=CC(O)(CC=C[C@@H]1[C@@H](CC=CCCCCO)CC[C@H]1O)CCCCCCO. The van der Waals surface area contributed by atoms with Gasteiger partial charge in [0.2, 0.25) is 0 Å². The molecule has 28 heavy (non-hydrogen) atoms. The standard InChI is InChI=1S/C24H42O4/c1-2-24(28,17-9-5-7-11-20-26)18-12-14-22-21(15-16-23(22)27)13-8-4-3-6-10-19-25/h2,4,8,12,14,21-23,25-28H,1,3,5-7,9-11,13,15-20H2/t21-,22+,23+,24?/m0/s1. The van der Waals surface area contributed by atoms with Crippen molar-refractivity contribution in [1.29, 1.82) is 0 Å². The number of allylic oxidation sites excluding steroid dienone is 2. The Morgan fingerprint density at radius 3 is 2.32 bits per heavy atom. The van der Waals surface area contributed by atoms with Gasteiger partial charge in [0.05, 0.1) is 11.7 Å². The molecule has 0 saturated heterocycles. The summed E-state index contributed by atoms with van der Waals surface area (Å²) in [5.74, 6) is 0.608. The first-order valence-electron chi connectivity index (χ1n) is 11.1. The molecular weight excluding hydrogens is 352 g/mol. The second-order valence-corrected chi connectivity index (χ2v) is 8.24. The summed E-state index contributed by atoms with van der Waals surface area (Å²) in [7, 11) is 0. The topological polar surface area (TPSA) is 80.9 Å². The molecule has 162 valence electrons. The molecule has 0 amide bonds. The predicted molar refractivity (Wildman–Crippen MR) is 116 cm³/mol. The molecule has 4 atom stereocenters. The lowest BCUT2D eigenvalue weighted by molar-refractivity contribution is 0.0811. The van der Waals surface area contributed by atoms with Gasteiger partial charge in [-0.15, -0.1) is 6.58 Å². The molecule has 1 rings (SSSR count). The Balaban J connectivity index is 2.43. The normalized spacial score (nSPS) is 24.9. The molecule has 0 aromatic carbocycles. The summed E-state index contributed by atoms with van der Waals surface area (Å²) in [6.45, 7) is 4.29. The van der Waals surface area contributed by atoms with E-state index in [1.165, 1.54) is 0 Å². The highest BCUT2D eigenvalue weighted by Crippen LogP contribution is 2.36. The number of hydrogen-bond donors (Lipinski definition) is 4. The van der Waals surface area contributed by atoms with Crippen LogP contribution in [-0.2, 0) is 0 Å².